The van der Waals surface area contributed by atoms with Crippen LogP contribution in [0.5, 0.6) is 0 Å². The molecule has 0 aromatic heterocycles. The van der Waals surface area contributed by atoms with Crippen LogP contribution in [0.1, 0.15) is 5.56 Å². The maximum Gasteiger partial charge on any atom is 0.0549 e. The summed E-state index contributed by atoms with van der Waals surface area (Å²) in [5.74, 6) is 0. The predicted octanol–water partition coefficient (Wildman–Crippen LogP) is 6.24. The van der Waals surface area contributed by atoms with Crippen LogP contribution in [0.2, 0.25) is 5.02 Å². The van der Waals surface area contributed by atoms with Crippen LogP contribution in [0.3, 0.4) is 0 Å². The molecule has 0 aliphatic carbocycles. The standard InChI is InChI=1S/C13H9Br3ClN/c14-10-3-1-8(5-11(10)15)7-18-9-2-4-13(17)12(16)6-9/h1-6,18H,7H2. The van der Waals surface area contributed by atoms with Gasteiger partial charge < -0.3 is 5.32 Å². The zero-order valence-corrected chi connectivity index (χ0v) is 14.7. The molecule has 2 aromatic rings. The van der Waals surface area contributed by atoms with E-state index in [4.69, 9.17) is 11.6 Å². The third-order valence-corrected chi connectivity index (χ3v) is 5.49. The van der Waals surface area contributed by atoms with Crippen molar-refractivity contribution < 1.29 is 0 Å². The Balaban J connectivity index is 2.06. The van der Waals surface area contributed by atoms with Gasteiger partial charge in [-0.25, -0.2) is 0 Å². The van der Waals surface area contributed by atoms with Gasteiger partial charge in [-0.05, 0) is 83.7 Å². The molecule has 0 fully saturated rings. The van der Waals surface area contributed by atoms with Crippen LogP contribution < -0.4 is 5.32 Å². The second-order valence-corrected chi connectivity index (χ2v) is 6.70. The molecular formula is C13H9Br3ClN. The lowest BCUT2D eigenvalue weighted by molar-refractivity contribution is 1.14. The van der Waals surface area contributed by atoms with Crippen molar-refractivity contribution in [3.8, 4) is 0 Å². The van der Waals surface area contributed by atoms with Crippen LogP contribution >= 0.6 is 59.4 Å². The maximum atomic E-state index is 5.95. The van der Waals surface area contributed by atoms with Gasteiger partial charge in [0.1, 0.15) is 0 Å². The van der Waals surface area contributed by atoms with Crippen LogP contribution in [0.25, 0.3) is 0 Å². The van der Waals surface area contributed by atoms with E-state index < -0.39 is 0 Å². The minimum atomic E-state index is 0.715. The zero-order valence-electron chi connectivity index (χ0n) is 9.18. The van der Waals surface area contributed by atoms with Crippen LogP contribution in [0.4, 0.5) is 5.69 Å². The summed E-state index contributed by atoms with van der Waals surface area (Å²) < 4.78 is 3.01. The first-order valence-corrected chi connectivity index (χ1v) is 7.95. The maximum absolute atomic E-state index is 5.95. The predicted molar refractivity (Wildman–Crippen MR) is 88.3 cm³/mol. The molecule has 0 aliphatic rings. The number of nitrogens with one attached hydrogen (secondary N) is 1. The van der Waals surface area contributed by atoms with E-state index in [2.05, 4.69) is 65.2 Å². The summed E-state index contributed by atoms with van der Waals surface area (Å²) in [5.41, 5.74) is 2.24. The molecule has 0 saturated heterocycles. The highest BCUT2D eigenvalue weighted by molar-refractivity contribution is 9.13. The van der Waals surface area contributed by atoms with Gasteiger partial charge in [-0.1, -0.05) is 17.7 Å². The Morgan fingerprint density at radius 3 is 2.33 bits per heavy atom. The van der Waals surface area contributed by atoms with Gasteiger partial charge in [-0.2, -0.15) is 0 Å². The number of hydrogen-bond acceptors (Lipinski definition) is 1. The molecule has 0 spiro atoms. The van der Waals surface area contributed by atoms with Crippen LogP contribution in [-0.2, 0) is 6.54 Å². The Hall–Kier alpha value is -0.0300. The molecule has 2 aromatic carbocycles. The van der Waals surface area contributed by atoms with Crippen molar-refractivity contribution in [2.45, 2.75) is 6.54 Å². The summed E-state index contributed by atoms with van der Waals surface area (Å²) in [6.45, 7) is 0.764. The highest BCUT2D eigenvalue weighted by atomic mass is 79.9. The van der Waals surface area contributed by atoms with E-state index >= 15 is 0 Å². The topological polar surface area (TPSA) is 12.0 Å². The van der Waals surface area contributed by atoms with E-state index in [0.29, 0.717) is 5.02 Å². The molecule has 1 N–H and O–H groups in total. The third kappa shape index (κ3) is 3.73. The first-order valence-electron chi connectivity index (χ1n) is 5.19. The minimum absolute atomic E-state index is 0.715. The fourth-order valence-corrected chi connectivity index (χ4v) is 2.63. The number of anilines is 1. The summed E-state index contributed by atoms with van der Waals surface area (Å²) in [4.78, 5) is 0. The molecule has 0 bridgehead atoms. The normalized spacial score (nSPS) is 10.4. The fraction of sp³-hybridized carbons (Fsp3) is 0.0769. The molecular weight excluding hydrogens is 445 g/mol. The minimum Gasteiger partial charge on any atom is -0.381 e. The Kier molecular flexibility index (Phi) is 5.13. The number of rotatable bonds is 3. The van der Waals surface area contributed by atoms with Gasteiger partial charge in [0.2, 0.25) is 0 Å². The molecule has 94 valence electrons. The largest absolute Gasteiger partial charge is 0.381 e. The smallest absolute Gasteiger partial charge is 0.0549 e. The van der Waals surface area contributed by atoms with Crippen molar-refractivity contribution in [2.75, 3.05) is 5.32 Å². The number of benzene rings is 2. The highest BCUT2D eigenvalue weighted by Crippen LogP contribution is 2.27. The van der Waals surface area contributed by atoms with Crippen LogP contribution in [-0.4, -0.2) is 0 Å². The van der Waals surface area contributed by atoms with E-state index in [0.717, 1.165) is 25.7 Å². The van der Waals surface area contributed by atoms with Gasteiger partial charge in [-0.15, -0.1) is 0 Å². The van der Waals surface area contributed by atoms with Gasteiger partial charge in [0.25, 0.3) is 0 Å². The second kappa shape index (κ2) is 6.42. The second-order valence-electron chi connectivity index (χ2n) is 3.73. The van der Waals surface area contributed by atoms with Crippen molar-refractivity contribution >= 4 is 65.1 Å². The molecule has 0 atom stereocenters. The lowest BCUT2D eigenvalue weighted by Gasteiger charge is -2.08. The van der Waals surface area contributed by atoms with Gasteiger partial charge in [0.15, 0.2) is 0 Å². The van der Waals surface area contributed by atoms with E-state index in [1.807, 2.05) is 24.3 Å². The molecule has 2 rings (SSSR count). The number of hydrogen-bond donors (Lipinski definition) is 1. The molecule has 0 radical (unpaired) electrons. The molecule has 0 heterocycles. The summed E-state index contributed by atoms with van der Waals surface area (Å²) in [6.07, 6.45) is 0. The molecule has 0 saturated carbocycles. The van der Waals surface area contributed by atoms with Crippen LogP contribution in [0.15, 0.2) is 49.8 Å². The molecule has 1 nitrogen and oxygen atoms in total. The van der Waals surface area contributed by atoms with Crippen molar-refractivity contribution in [1.82, 2.24) is 0 Å². The summed E-state index contributed by atoms with van der Waals surface area (Å²) in [6, 6.07) is 12.0. The summed E-state index contributed by atoms with van der Waals surface area (Å²) in [5, 5.41) is 4.07. The average Bonchev–Trinajstić information content (AvgIpc) is 2.35. The fourth-order valence-electron chi connectivity index (χ4n) is 1.46. The van der Waals surface area contributed by atoms with E-state index in [9.17, 15) is 0 Å². The van der Waals surface area contributed by atoms with Crippen LogP contribution in [0, 0.1) is 0 Å². The van der Waals surface area contributed by atoms with Crippen molar-refractivity contribution in [2.24, 2.45) is 0 Å². The quantitative estimate of drug-likeness (QED) is 0.579. The molecule has 18 heavy (non-hydrogen) atoms. The Morgan fingerprint density at radius 2 is 1.67 bits per heavy atom. The van der Waals surface area contributed by atoms with Crippen molar-refractivity contribution in [3.05, 3.63) is 60.4 Å². The van der Waals surface area contributed by atoms with Gasteiger partial charge >= 0.3 is 0 Å². The lowest BCUT2D eigenvalue weighted by Crippen LogP contribution is -1.99. The van der Waals surface area contributed by atoms with Crippen molar-refractivity contribution in [1.29, 1.82) is 0 Å². The SMILES string of the molecule is Clc1ccc(NCc2ccc(Br)c(Br)c2)cc1Br. The summed E-state index contributed by atoms with van der Waals surface area (Å²) >= 11 is 16.3. The average molecular weight is 454 g/mol. The van der Waals surface area contributed by atoms with Gasteiger partial charge in [0, 0.05) is 25.7 Å². The first kappa shape index (κ1) is 14.4. The van der Waals surface area contributed by atoms with E-state index in [1.165, 1.54) is 5.56 Å². The molecule has 0 amide bonds. The first-order chi connectivity index (χ1) is 8.56. The Morgan fingerprint density at radius 1 is 0.889 bits per heavy atom. The third-order valence-electron chi connectivity index (χ3n) is 2.40. The lowest BCUT2D eigenvalue weighted by atomic mass is 10.2. The number of halogens is 4. The Bertz CT molecular complexity index is 521. The van der Waals surface area contributed by atoms with Gasteiger partial charge in [-0.3, -0.25) is 0 Å². The molecule has 5 heteroatoms. The van der Waals surface area contributed by atoms with Gasteiger partial charge in [0.05, 0.1) is 5.02 Å². The molecule has 0 aliphatic heterocycles. The summed E-state index contributed by atoms with van der Waals surface area (Å²) in [7, 11) is 0. The zero-order chi connectivity index (χ0) is 13.1. The van der Waals surface area contributed by atoms with Crippen molar-refractivity contribution in [3.63, 3.8) is 0 Å². The Labute approximate surface area is 136 Å². The monoisotopic (exact) mass is 451 g/mol. The van der Waals surface area contributed by atoms with E-state index in [-0.39, 0.29) is 0 Å². The van der Waals surface area contributed by atoms with E-state index in [1.54, 1.807) is 0 Å². The molecule has 0 unspecified atom stereocenters. The highest BCUT2D eigenvalue weighted by Gasteiger charge is 2.01.